The number of hydrogen-bond acceptors (Lipinski definition) is 3. The summed E-state index contributed by atoms with van der Waals surface area (Å²) in [5.74, 6) is -0.764. The van der Waals surface area contributed by atoms with Crippen molar-refractivity contribution in [3.05, 3.63) is 0 Å². The first kappa shape index (κ1) is 12.1. The van der Waals surface area contributed by atoms with Crippen LogP contribution in [0.3, 0.4) is 0 Å². The van der Waals surface area contributed by atoms with Crippen LogP contribution in [-0.4, -0.2) is 30.7 Å². The van der Waals surface area contributed by atoms with E-state index in [2.05, 4.69) is 31.7 Å². The van der Waals surface area contributed by atoms with Crippen LogP contribution in [0.25, 0.3) is 0 Å². The minimum Gasteiger partial charge on any atom is -0.480 e. The zero-order chi connectivity index (χ0) is 9.40. The van der Waals surface area contributed by atoms with Gasteiger partial charge in [0.15, 0.2) is 0 Å². The number of carboxylic acids is 1. The summed E-state index contributed by atoms with van der Waals surface area (Å²) in [5, 5.41) is 11.4. The van der Waals surface area contributed by atoms with E-state index in [0.717, 1.165) is 19.4 Å². The summed E-state index contributed by atoms with van der Waals surface area (Å²) < 4.78 is 2.99. The van der Waals surface area contributed by atoms with Crippen LogP contribution in [0.2, 0.25) is 0 Å². The molecule has 1 atom stereocenters. The lowest BCUT2D eigenvalue weighted by Gasteiger charge is -2.09. The lowest BCUT2D eigenvalue weighted by molar-refractivity contribution is -0.139. The van der Waals surface area contributed by atoms with Gasteiger partial charge in [-0.25, -0.2) is 0 Å². The van der Waals surface area contributed by atoms with E-state index in [9.17, 15) is 4.79 Å². The van der Waals surface area contributed by atoms with E-state index in [0.29, 0.717) is 6.42 Å². The summed E-state index contributed by atoms with van der Waals surface area (Å²) in [7, 11) is 1.68. The fraction of sp³-hybridized carbons (Fsp3) is 0.857. The van der Waals surface area contributed by atoms with Gasteiger partial charge in [-0.15, -0.1) is 0 Å². The van der Waals surface area contributed by atoms with Crippen molar-refractivity contribution in [2.75, 3.05) is 13.6 Å². The predicted molar refractivity (Wildman–Crippen MR) is 56.4 cm³/mol. The largest absolute Gasteiger partial charge is 0.480 e. The quantitative estimate of drug-likeness (QED) is 0.367. The molecule has 1 unspecified atom stereocenters. The first-order valence-corrected chi connectivity index (χ1v) is 5.03. The zero-order valence-corrected chi connectivity index (χ0v) is 9.30. The van der Waals surface area contributed by atoms with Gasteiger partial charge in [0.05, 0.1) is 0 Å². The number of unbranched alkanes of at least 4 members (excludes halogenated alkanes) is 1. The third-order valence-electron chi connectivity index (χ3n) is 1.66. The number of hydrogen-bond donors (Lipinski definition) is 3. The standard InChI is InChI=1S/C7H15IN2O2/c1-9-6(7(11)12)4-2-3-5-10-8/h6,9-10H,2-5H2,1H3,(H,11,12). The van der Waals surface area contributed by atoms with Crippen LogP contribution in [0.15, 0.2) is 0 Å². The summed E-state index contributed by atoms with van der Waals surface area (Å²) in [6.07, 6.45) is 2.66. The van der Waals surface area contributed by atoms with E-state index in [1.807, 2.05) is 0 Å². The van der Waals surface area contributed by atoms with Gasteiger partial charge in [0, 0.05) is 29.4 Å². The lowest BCUT2D eigenvalue weighted by Crippen LogP contribution is -2.33. The maximum Gasteiger partial charge on any atom is 0.320 e. The number of nitrogens with one attached hydrogen (secondary N) is 2. The lowest BCUT2D eigenvalue weighted by atomic mass is 10.1. The van der Waals surface area contributed by atoms with Crippen LogP contribution < -0.4 is 8.85 Å². The first-order chi connectivity index (χ1) is 5.72. The summed E-state index contributed by atoms with van der Waals surface area (Å²) >= 11 is 2.09. The monoisotopic (exact) mass is 286 g/mol. The van der Waals surface area contributed by atoms with Gasteiger partial charge in [0.25, 0.3) is 0 Å². The van der Waals surface area contributed by atoms with Gasteiger partial charge in [-0.1, -0.05) is 6.42 Å². The van der Waals surface area contributed by atoms with Crippen molar-refractivity contribution in [3.63, 3.8) is 0 Å². The van der Waals surface area contributed by atoms with Gasteiger partial charge in [0.1, 0.15) is 6.04 Å². The van der Waals surface area contributed by atoms with E-state index in [-0.39, 0.29) is 6.04 Å². The van der Waals surface area contributed by atoms with Gasteiger partial charge in [0.2, 0.25) is 0 Å². The highest BCUT2D eigenvalue weighted by Gasteiger charge is 2.12. The highest BCUT2D eigenvalue weighted by Crippen LogP contribution is 2.00. The molecular formula is C7H15IN2O2. The third-order valence-corrected chi connectivity index (χ3v) is 2.20. The van der Waals surface area contributed by atoms with Crippen LogP contribution in [0, 0.1) is 0 Å². The van der Waals surface area contributed by atoms with E-state index in [4.69, 9.17) is 5.11 Å². The third kappa shape index (κ3) is 5.73. The fourth-order valence-corrected chi connectivity index (χ4v) is 1.31. The van der Waals surface area contributed by atoms with Crippen LogP contribution >= 0.6 is 22.9 Å². The van der Waals surface area contributed by atoms with Gasteiger partial charge in [-0.05, 0) is 19.9 Å². The highest BCUT2D eigenvalue weighted by molar-refractivity contribution is 14.1. The maximum atomic E-state index is 10.5. The second-order valence-corrected chi connectivity index (χ2v) is 3.32. The topological polar surface area (TPSA) is 61.4 Å². The molecular weight excluding hydrogens is 271 g/mol. The Labute approximate surface area is 86.6 Å². The number of rotatable bonds is 7. The number of carboxylic acid groups (broad SMARTS) is 1. The Hall–Kier alpha value is 0.120. The van der Waals surface area contributed by atoms with Crippen molar-refractivity contribution in [2.24, 2.45) is 0 Å². The van der Waals surface area contributed by atoms with Crippen LogP contribution in [0.5, 0.6) is 0 Å². The SMILES string of the molecule is CNC(CCCCNI)C(=O)O. The van der Waals surface area contributed by atoms with Gasteiger partial charge >= 0.3 is 5.97 Å². The summed E-state index contributed by atoms with van der Waals surface area (Å²) in [5.41, 5.74) is 0. The van der Waals surface area contributed by atoms with Crippen molar-refractivity contribution >= 4 is 28.8 Å². The van der Waals surface area contributed by atoms with Crippen LogP contribution in [0.4, 0.5) is 0 Å². The molecule has 5 heteroatoms. The van der Waals surface area contributed by atoms with Crippen molar-refractivity contribution in [1.82, 2.24) is 8.85 Å². The van der Waals surface area contributed by atoms with Crippen molar-refractivity contribution in [2.45, 2.75) is 25.3 Å². The fourth-order valence-electron chi connectivity index (χ4n) is 0.932. The number of carbonyl (C=O) groups is 1. The molecule has 0 aliphatic rings. The van der Waals surface area contributed by atoms with E-state index >= 15 is 0 Å². The molecule has 0 saturated carbocycles. The molecule has 0 aromatic carbocycles. The Morgan fingerprint density at radius 3 is 2.67 bits per heavy atom. The molecule has 72 valence electrons. The minimum absolute atomic E-state index is 0.390. The summed E-state index contributed by atoms with van der Waals surface area (Å²) in [4.78, 5) is 10.5. The Bertz CT molecular complexity index is 133. The Morgan fingerprint density at radius 2 is 2.25 bits per heavy atom. The minimum atomic E-state index is -0.764. The molecule has 3 N–H and O–H groups in total. The number of aliphatic carboxylic acids is 1. The molecule has 0 aliphatic heterocycles. The smallest absolute Gasteiger partial charge is 0.320 e. The van der Waals surface area contributed by atoms with E-state index in [1.165, 1.54) is 0 Å². The molecule has 0 aromatic rings. The van der Waals surface area contributed by atoms with E-state index in [1.54, 1.807) is 7.05 Å². The summed E-state index contributed by atoms with van der Waals surface area (Å²) in [6, 6.07) is -0.390. The average molecular weight is 286 g/mol. The van der Waals surface area contributed by atoms with Gasteiger partial charge in [-0.3, -0.25) is 8.32 Å². The molecule has 0 aliphatic carbocycles. The van der Waals surface area contributed by atoms with Gasteiger partial charge in [-0.2, -0.15) is 0 Å². The number of likely N-dealkylation sites (N-methyl/N-ethyl adjacent to an activating group) is 1. The van der Waals surface area contributed by atoms with Gasteiger partial charge < -0.3 is 10.4 Å². The molecule has 0 rings (SSSR count). The molecule has 4 nitrogen and oxygen atoms in total. The molecule has 0 amide bonds. The predicted octanol–water partition coefficient (Wildman–Crippen LogP) is 0.769. The molecule has 0 fully saturated rings. The molecule has 0 bridgehead atoms. The summed E-state index contributed by atoms with van der Waals surface area (Å²) in [6.45, 7) is 0.941. The highest BCUT2D eigenvalue weighted by atomic mass is 127. The van der Waals surface area contributed by atoms with E-state index < -0.39 is 5.97 Å². The Morgan fingerprint density at radius 1 is 1.58 bits per heavy atom. The van der Waals surface area contributed by atoms with Crippen LogP contribution in [-0.2, 0) is 4.79 Å². The van der Waals surface area contributed by atoms with Crippen molar-refractivity contribution in [1.29, 1.82) is 0 Å². The Balaban J connectivity index is 3.38. The maximum absolute atomic E-state index is 10.5. The van der Waals surface area contributed by atoms with Crippen molar-refractivity contribution < 1.29 is 9.90 Å². The average Bonchev–Trinajstić information content (AvgIpc) is 2.04. The first-order valence-electron chi connectivity index (χ1n) is 3.96. The second-order valence-electron chi connectivity index (χ2n) is 2.56. The van der Waals surface area contributed by atoms with Crippen molar-refractivity contribution in [3.8, 4) is 0 Å². The normalized spacial score (nSPS) is 12.8. The Kier molecular flexibility index (Phi) is 7.83. The number of halogens is 1. The zero-order valence-electron chi connectivity index (χ0n) is 7.14. The molecule has 0 spiro atoms. The van der Waals surface area contributed by atoms with Crippen LogP contribution in [0.1, 0.15) is 19.3 Å². The molecule has 0 saturated heterocycles. The molecule has 0 aromatic heterocycles. The molecule has 0 radical (unpaired) electrons. The molecule has 12 heavy (non-hydrogen) atoms. The molecule has 0 heterocycles. The second kappa shape index (κ2) is 7.75.